The number of ether oxygens (including phenoxy) is 1. The number of anilines is 2. The molecule has 30 heavy (non-hydrogen) atoms. The highest BCUT2D eigenvalue weighted by Gasteiger charge is 2.07. The number of halogens is 1. The molecular formula is C21H17FN6O2. The molecule has 0 unspecified atom stereocenters. The van der Waals surface area contributed by atoms with Crippen LogP contribution in [0, 0.1) is 12.7 Å². The van der Waals surface area contributed by atoms with Crippen LogP contribution in [0.3, 0.4) is 0 Å². The van der Waals surface area contributed by atoms with Gasteiger partial charge < -0.3 is 15.4 Å². The predicted molar refractivity (Wildman–Crippen MR) is 109 cm³/mol. The van der Waals surface area contributed by atoms with Crippen LogP contribution in [0.1, 0.15) is 5.82 Å². The molecule has 2 amide bonds. The summed E-state index contributed by atoms with van der Waals surface area (Å²) in [6.45, 7) is 1.88. The Labute approximate surface area is 171 Å². The summed E-state index contributed by atoms with van der Waals surface area (Å²) < 4.78 is 20.5. The Balaban J connectivity index is 1.38. The summed E-state index contributed by atoms with van der Waals surface area (Å²) in [6.07, 6.45) is 4.91. The van der Waals surface area contributed by atoms with Gasteiger partial charge in [-0.1, -0.05) is 0 Å². The summed E-state index contributed by atoms with van der Waals surface area (Å²) >= 11 is 0. The molecule has 2 heterocycles. The lowest BCUT2D eigenvalue weighted by Gasteiger charge is -2.10. The van der Waals surface area contributed by atoms with Crippen LogP contribution in [-0.2, 0) is 0 Å². The molecule has 0 aliphatic carbocycles. The van der Waals surface area contributed by atoms with Gasteiger partial charge in [-0.15, -0.1) is 0 Å². The van der Waals surface area contributed by atoms with Gasteiger partial charge in [-0.3, -0.25) is 4.57 Å². The minimum Gasteiger partial charge on any atom is -0.439 e. The maximum atomic E-state index is 12.9. The highest BCUT2D eigenvalue weighted by Crippen LogP contribution is 2.23. The molecule has 0 spiro atoms. The molecule has 4 rings (SSSR count). The van der Waals surface area contributed by atoms with E-state index in [1.165, 1.54) is 30.6 Å². The fourth-order valence-corrected chi connectivity index (χ4v) is 2.69. The second-order valence-electron chi connectivity index (χ2n) is 6.27. The van der Waals surface area contributed by atoms with Gasteiger partial charge in [-0.05, 0) is 55.5 Å². The quantitative estimate of drug-likeness (QED) is 0.509. The summed E-state index contributed by atoms with van der Waals surface area (Å²) in [5, 5.41) is 5.32. The molecule has 0 aliphatic rings. The van der Waals surface area contributed by atoms with Crippen molar-refractivity contribution in [3.05, 3.63) is 85.0 Å². The first-order valence-electron chi connectivity index (χ1n) is 9.01. The average Bonchev–Trinajstić information content (AvgIpc) is 3.17. The fourth-order valence-electron chi connectivity index (χ4n) is 2.69. The van der Waals surface area contributed by atoms with E-state index in [1.807, 2.05) is 11.5 Å². The van der Waals surface area contributed by atoms with Crippen LogP contribution in [0.2, 0.25) is 0 Å². The number of hydrogen-bond acceptors (Lipinski definition) is 5. The van der Waals surface area contributed by atoms with Crippen LogP contribution in [0.5, 0.6) is 11.6 Å². The van der Waals surface area contributed by atoms with E-state index in [-0.39, 0.29) is 5.82 Å². The molecule has 0 saturated heterocycles. The van der Waals surface area contributed by atoms with E-state index in [1.54, 1.807) is 42.7 Å². The number of carbonyl (C=O) groups excluding carboxylic acids is 1. The van der Waals surface area contributed by atoms with E-state index >= 15 is 0 Å². The van der Waals surface area contributed by atoms with Gasteiger partial charge in [0.15, 0.2) is 0 Å². The van der Waals surface area contributed by atoms with Gasteiger partial charge in [0.05, 0.1) is 0 Å². The number of rotatable bonds is 5. The van der Waals surface area contributed by atoms with E-state index in [0.717, 1.165) is 5.82 Å². The van der Waals surface area contributed by atoms with Crippen molar-refractivity contribution in [2.75, 3.05) is 10.6 Å². The van der Waals surface area contributed by atoms with Gasteiger partial charge in [0, 0.05) is 29.8 Å². The number of nitrogens with one attached hydrogen (secondary N) is 2. The molecule has 150 valence electrons. The van der Waals surface area contributed by atoms with Crippen LogP contribution >= 0.6 is 0 Å². The lowest BCUT2D eigenvalue weighted by Crippen LogP contribution is -2.19. The fraction of sp³-hybridized carbons (Fsp3) is 0.0476. The van der Waals surface area contributed by atoms with Crippen LogP contribution in [0.25, 0.3) is 5.82 Å². The van der Waals surface area contributed by atoms with E-state index in [9.17, 15) is 9.18 Å². The van der Waals surface area contributed by atoms with Crippen LogP contribution < -0.4 is 15.4 Å². The second-order valence-corrected chi connectivity index (χ2v) is 6.27. The maximum Gasteiger partial charge on any atom is 0.323 e. The zero-order valence-electron chi connectivity index (χ0n) is 15.9. The molecule has 8 nitrogen and oxygen atoms in total. The third kappa shape index (κ3) is 4.58. The number of aromatic nitrogens is 4. The monoisotopic (exact) mass is 404 g/mol. The Bertz CT molecular complexity index is 1160. The normalized spacial score (nSPS) is 10.5. The van der Waals surface area contributed by atoms with Crippen LogP contribution in [-0.4, -0.2) is 25.6 Å². The SMILES string of the molecule is Cc1nccn1-c1cc(Oc2ccc(NC(=O)Nc3ccc(F)cc3)cc2)ncn1. The summed E-state index contributed by atoms with van der Waals surface area (Å²) in [6, 6.07) is 13.6. The van der Waals surface area contributed by atoms with Crippen molar-refractivity contribution in [3.63, 3.8) is 0 Å². The zero-order chi connectivity index (χ0) is 20.9. The van der Waals surface area contributed by atoms with Crippen molar-refractivity contribution in [3.8, 4) is 17.4 Å². The minimum atomic E-state index is -0.438. The topological polar surface area (TPSA) is 94.0 Å². The van der Waals surface area contributed by atoms with Crippen molar-refractivity contribution >= 4 is 17.4 Å². The first-order valence-corrected chi connectivity index (χ1v) is 9.01. The van der Waals surface area contributed by atoms with Gasteiger partial charge >= 0.3 is 6.03 Å². The number of nitrogens with zero attached hydrogens (tertiary/aromatic N) is 4. The number of benzene rings is 2. The lowest BCUT2D eigenvalue weighted by atomic mass is 10.3. The summed E-state index contributed by atoms with van der Waals surface area (Å²) in [4.78, 5) is 24.6. The Kier molecular flexibility index (Phi) is 5.33. The average molecular weight is 404 g/mol. The van der Waals surface area contributed by atoms with Gasteiger partial charge in [-0.25, -0.2) is 24.1 Å². The first-order chi connectivity index (χ1) is 14.6. The van der Waals surface area contributed by atoms with Crippen LogP contribution in [0.15, 0.2) is 73.3 Å². The predicted octanol–water partition coefficient (Wildman–Crippen LogP) is 4.55. The molecule has 2 aromatic heterocycles. The number of amides is 2. The Morgan fingerprint density at radius 2 is 1.63 bits per heavy atom. The highest BCUT2D eigenvalue weighted by molar-refractivity contribution is 5.99. The first kappa shape index (κ1) is 19.1. The molecule has 2 N–H and O–H groups in total. The van der Waals surface area contributed by atoms with Crippen molar-refractivity contribution in [1.29, 1.82) is 0 Å². The van der Waals surface area contributed by atoms with Gasteiger partial charge in [-0.2, -0.15) is 0 Å². The van der Waals surface area contributed by atoms with Crippen molar-refractivity contribution in [1.82, 2.24) is 19.5 Å². The molecule has 0 saturated carbocycles. The number of aryl methyl sites for hydroxylation is 1. The minimum absolute atomic E-state index is 0.368. The Hall–Kier alpha value is -4.27. The molecule has 2 aromatic carbocycles. The summed E-state index contributed by atoms with van der Waals surface area (Å²) in [7, 11) is 0. The maximum absolute atomic E-state index is 12.9. The van der Waals surface area contributed by atoms with Crippen molar-refractivity contribution in [2.45, 2.75) is 6.92 Å². The molecular weight excluding hydrogens is 387 g/mol. The third-order valence-corrected chi connectivity index (χ3v) is 4.14. The van der Waals surface area contributed by atoms with Crippen molar-refractivity contribution < 1.29 is 13.9 Å². The lowest BCUT2D eigenvalue weighted by molar-refractivity contribution is 0.262. The summed E-state index contributed by atoms with van der Waals surface area (Å²) in [5.74, 6) is 2.00. The number of carbonyl (C=O) groups is 1. The zero-order valence-corrected chi connectivity index (χ0v) is 15.9. The van der Waals surface area contributed by atoms with E-state index in [4.69, 9.17) is 4.74 Å². The van der Waals surface area contributed by atoms with Crippen molar-refractivity contribution in [2.24, 2.45) is 0 Å². The number of imidazole rings is 1. The Morgan fingerprint density at radius 1 is 0.967 bits per heavy atom. The largest absolute Gasteiger partial charge is 0.439 e. The van der Waals surface area contributed by atoms with Gasteiger partial charge in [0.1, 0.15) is 29.5 Å². The summed E-state index contributed by atoms with van der Waals surface area (Å²) in [5.41, 5.74) is 1.06. The molecule has 0 aliphatic heterocycles. The highest BCUT2D eigenvalue weighted by atomic mass is 19.1. The van der Waals surface area contributed by atoms with Gasteiger partial charge in [0.2, 0.25) is 5.88 Å². The molecule has 0 atom stereocenters. The smallest absolute Gasteiger partial charge is 0.323 e. The van der Waals surface area contributed by atoms with Gasteiger partial charge in [0.25, 0.3) is 0 Å². The molecule has 9 heteroatoms. The number of hydrogen-bond donors (Lipinski definition) is 2. The molecule has 4 aromatic rings. The molecule has 0 fully saturated rings. The standard InChI is InChI=1S/C21H17FN6O2/c1-14-23-10-11-28(14)19-12-20(25-13-24-19)30-18-8-6-17(7-9-18)27-21(29)26-16-4-2-15(22)3-5-16/h2-13H,1H3,(H2,26,27,29). The third-order valence-electron chi connectivity index (χ3n) is 4.14. The van der Waals surface area contributed by atoms with Crippen LogP contribution in [0.4, 0.5) is 20.6 Å². The number of urea groups is 1. The second kappa shape index (κ2) is 8.39. The van der Waals surface area contributed by atoms with E-state index < -0.39 is 6.03 Å². The van der Waals surface area contributed by atoms with E-state index in [0.29, 0.717) is 28.8 Å². The van der Waals surface area contributed by atoms with E-state index in [2.05, 4.69) is 25.6 Å². The Morgan fingerprint density at radius 3 is 2.27 bits per heavy atom. The molecule has 0 bridgehead atoms. The molecule has 0 radical (unpaired) electrons.